The van der Waals surface area contributed by atoms with Gasteiger partial charge in [0, 0.05) is 32.4 Å². The third-order valence-electron chi connectivity index (χ3n) is 6.17. The average Bonchev–Trinajstić information content (AvgIpc) is 2.79. The number of amides is 1. The summed E-state index contributed by atoms with van der Waals surface area (Å²) in [5.41, 5.74) is 0.108. The standard InChI is InChI=1S/C23H26F3N3O2/c24-23(25,26)19-6-7-20(27-16-19)21(30)29-14-15-31-22(17-29)9-12-28(13-10-22)11-8-18-4-2-1-3-5-18/h1-7,16H,8-15,17H2. The fraction of sp³-hybridized carbons (Fsp3) is 0.478. The lowest BCUT2D eigenvalue weighted by atomic mass is 9.89. The first kappa shape index (κ1) is 21.8. The molecule has 0 saturated carbocycles. The van der Waals surface area contributed by atoms with E-state index in [1.165, 1.54) is 5.56 Å². The van der Waals surface area contributed by atoms with Crippen LogP contribution in [0.5, 0.6) is 0 Å². The molecular formula is C23H26F3N3O2. The van der Waals surface area contributed by atoms with E-state index in [9.17, 15) is 18.0 Å². The van der Waals surface area contributed by atoms with Crippen molar-refractivity contribution in [2.24, 2.45) is 0 Å². The normalized spacial score (nSPS) is 19.5. The highest BCUT2D eigenvalue weighted by Crippen LogP contribution is 2.31. The Morgan fingerprint density at radius 2 is 1.81 bits per heavy atom. The second-order valence-corrected chi connectivity index (χ2v) is 8.27. The van der Waals surface area contributed by atoms with Crippen LogP contribution in [0, 0.1) is 0 Å². The maximum Gasteiger partial charge on any atom is 0.417 e. The third kappa shape index (κ3) is 5.25. The molecule has 0 atom stereocenters. The fourth-order valence-corrected chi connectivity index (χ4v) is 4.29. The van der Waals surface area contributed by atoms with E-state index in [0.29, 0.717) is 25.9 Å². The van der Waals surface area contributed by atoms with Gasteiger partial charge in [0.25, 0.3) is 5.91 Å². The van der Waals surface area contributed by atoms with Crippen molar-refractivity contribution < 1.29 is 22.7 Å². The molecule has 8 heteroatoms. The number of nitrogens with zero attached hydrogens (tertiary/aromatic N) is 3. The number of hydrogen-bond acceptors (Lipinski definition) is 4. The van der Waals surface area contributed by atoms with E-state index in [1.807, 2.05) is 18.2 Å². The van der Waals surface area contributed by atoms with Gasteiger partial charge >= 0.3 is 6.18 Å². The van der Waals surface area contributed by atoms with Gasteiger partial charge in [-0.05, 0) is 37.0 Å². The number of piperidine rings is 1. The lowest BCUT2D eigenvalue weighted by molar-refractivity contribution is -0.137. The Bertz CT molecular complexity index is 879. The fourth-order valence-electron chi connectivity index (χ4n) is 4.29. The molecule has 0 unspecified atom stereocenters. The molecular weight excluding hydrogens is 407 g/mol. The number of rotatable bonds is 4. The zero-order chi connectivity index (χ0) is 21.9. The summed E-state index contributed by atoms with van der Waals surface area (Å²) >= 11 is 0. The van der Waals surface area contributed by atoms with Crippen molar-refractivity contribution in [1.82, 2.24) is 14.8 Å². The molecule has 2 saturated heterocycles. The van der Waals surface area contributed by atoms with Gasteiger partial charge in [-0.1, -0.05) is 30.3 Å². The monoisotopic (exact) mass is 433 g/mol. The summed E-state index contributed by atoms with van der Waals surface area (Å²) in [5, 5.41) is 0. The average molecular weight is 433 g/mol. The molecule has 0 bridgehead atoms. The van der Waals surface area contributed by atoms with Crippen molar-refractivity contribution in [3.05, 3.63) is 65.5 Å². The van der Waals surface area contributed by atoms with E-state index < -0.39 is 11.7 Å². The molecule has 1 aromatic carbocycles. The van der Waals surface area contributed by atoms with Crippen molar-refractivity contribution in [2.45, 2.75) is 31.0 Å². The van der Waals surface area contributed by atoms with Crippen LogP contribution in [0.3, 0.4) is 0 Å². The van der Waals surface area contributed by atoms with Crippen molar-refractivity contribution >= 4 is 5.91 Å². The molecule has 0 N–H and O–H groups in total. The van der Waals surface area contributed by atoms with Gasteiger partial charge in [0.05, 0.1) is 24.3 Å². The second-order valence-electron chi connectivity index (χ2n) is 8.27. The summed E-state index contributed by atoms with van der Waals surface area (Å²) in [6.07, 6.45) is -1.10. The van der Waals surface area contributed by atoms with E-state index in [2.05, 4.69) is 22.0 Å². The molecule has 2 aliphatic heterocycles. The number of aromatic nitrogens is 1. The molecule has 4 rings (SSSR count). The number of carbonyl (C=O) groups excluding carboxylic acids is 1. The zero-order valence-electron chi connectivity index (χ0n) is 17.3. The maximum atomic E-state index is 12.8. The number of ether oxygens (including phenoxy) is 1. The Morgan fingerprint density at radius 3 is 2.45 bits per heavy atom. The Balaban J connectivity index is 1.32. The van der Waals surface area contributed by atoms with Crippen LogP contribution in [-0.2, 0) is 17.3 Å². The van der Waals surface area contributed by atoms with Crippen LogP contribution in [0.1, 0.15) is 34.5 Å². The van der Waals surface area contributed by atoms with Gasteiger partial charge in [-0.15, -0.1) is 0 Å². The quantitative estimate of drug-likeness (QED) is 0.739. The third-order valence-corrected chi connectivity index (χ3v) is 6.17. The summed E-state index contributed by atoms with van der Waals surface area (Å²) in [4.78, 5) is 20.7. The van der Waals surface area contributed by atoms with Gasteiger partial charge in [0.2, 0.25) is 0 Å². The van der Waals surface area contributed by atoms with Crippen LogP contribution in [-0.4, -0.2) is 65.6 Å². The SMILES string of the molecule is O=C(c1ccc(C(F)(F)F)cn1)N1CCOC2(CCN(CCc3ccccc3)CC2)C1. The summed E-state index contributed by atoms with van der Waals surface area (Å²) in [6, 6.07) is 12.4. The van der Waals surface area contributed by atoms with Crippen LogP contribution in [0.2, 0.25) is 0 Å². The number of halogens is 3. The number of pyridine rings is 1. The Morgan fingerprint density at radius 1 is 1.06 bits per heavy atom. The number of benzene rings is 1. The van der Waals surface area contributed by atoms with Gasteiger partial charge in [0.15, 0.2) is 0 Å². The molecule has 166 valence electrons. The molecule has 5 nitrogen and oxygen atoms in total. The highest BCUT2D eigenvalue weighted by atomic mass is 19.4. The number of likely N-dealkylation sites (tertiary alicyclic amines) is 1. The van der Waals surface area contributed by atoms with Crippen LogP contribution in [0.25, 0.3) is 0 Å². The summed E-state index contributed by atoms with van der Waals surface area (Å²) in [5.74, 6) is -0.345. The first-order valence-corrected chi connectivity index (χ1v) is 10.6. The summed E-state index contributed by atoms with van der Waals surface area (Å²) in [6.45, 7) is 4.07. The van der Waals surface area contributed by atoms with Gasteiger partial charge in [0.1, 0.15) is 5.69 Å². The molecule has 2 aromatic rings. The van der Waals surface area contributed by atoms with E-state index in [0.717, 1.165) is 51.0 Å². The van der Waals surface area contributed by atoms with Crippen LogP contribution in [0.15, 0.2) is 48.7 Å². The molecule has 0 aliphatic carbocycles. The lowest BCUT2D eigenvalue weighted by Crippen LogP contribution is -2.58. The van der Waals surface area contributed by atoms with Crippen molar-refractivity contribution in [2.75, 3.05) is 39.3 Å². The molecule has 31 heavy (non-hydrogen) atoms. The van der Waals surface area contributed by atoms with Gasteiger partial charge in [-0.3, -0.25) is 9.78 Å². The highest BCUT2D eigenvalue weighted by Gasteiger charge is 2.41. The minimum atomic E-state index is -4.47. The maximum absolute atomic E-state index is 12.8. The molecule has 2 fully saturated rings. The number of hydrogen-bond donors (Lipinski definition) is 0. The largest absolute Gasteiger partial charge is 0.417 e. The molecule has 0 radical (unpaired) electrons. The van der Waals surface area contributed by atoms with E-state index in [-0.39, 0.29) is 17.2 Å². The topological polar surface area (TPSA) is 45.7 Å². The van der Waals surface area contributed by atoms with Gasteiger partial charge in [-0.25, -0.2) is 0 Å². The molecule has 1 amide bonds. The van der Waals surface area contributed by atoms with E-state index in [4.69, 9.17) is 4.74 Å². The minimum absolute atomic E-state index is 0.0327. The zero-order valence-corrected chi connectivity index (χ0v) is 17.3. The van der Waals surface area contributed by atoms with Crippen LogP contribution >= 0.6 is 0 Å². The Labute approximate surface area is 179 Å². The summed E-state index contributed by atoms with van der Waals surface area (Å²) < 4.78 is 44.3. The number of alkyl halides is 3. The minimum Gasteiger partial charge on any atom is -0.371 e. The van der Waals surface area contributed by atoms with Crippen molar-refractivity contribution in [1.29, 1.82) is 0 Å². The molecule has 3 heterocycles. The lowest BCUT2D eigenvalue weighted by Gasteiger charge is -2.47. The van der Waals surface area contributed by atoms with Crippen LogP contribution in [0.4, 0.5) is 13.2 Å². The Hall–Kier alpha value is -2.45. The second kappa shape index (κ2) is 8.96. The number of morpholine rings is 1. The van der Waals surface area contributed by atoms with E-state index in [1.54, 1.807) is 4.90 Å². The smallest absolute Gasteiger partial charge is 0.371 e. The Kier molecular flexibility index (Phi) is 6.29. The first-order valence-electron chi connectivity index (χ1n) is 10.6. The predicted molar refractivity (Wildman–Crippen MR) is 110 cm³/mol. The molecule has 1 aromatic heterocycles. The number of carbonyl (C=O) groups is 1. The molecule has 1 spiro atoms. The van der Waals surface area contributed by atoms with Crippen molar-refractivity contribution in [3.8, 4) is 0 Å². The highest BCUT2D eigenvalue weighted by molar-refractivity contribution is 5.92. The predicted octanol–water partition coefficient (Wildman–Crippen LogP) is 3.65. The van der Waals surface area contributed by atoms with Gasteiger partial charge in [-0.2, -0.15) is 13.2 Å². The molecule has 2 aliphatic rings. The van der Waals surface area contributed by atoms with E-state index >= 15 is 0 Å². The van der Waals surface area contributed by atoms with Crippen molar-refractivity contribution in [3.63, 3.8) is 0 Å². The summed E-state index contributed by atoms with van der Waals surface area (Å²) in [7, 11) is 0. The van der Waals surface area contributed by atoms with Gasteiger partial charge < -0.3 is 14.5 Å². The first-order chi connectivity index (χ1) is 14.8. The van der Waals surface area contributed by atoms with Crippen LogP contribution < -0.4 is 0 Å².